The molecule has 0 aromatic rings. The van der Waals surface area contributed by atoms with Gasteiger partial charge in [-0.2, -0.15) is 10.2 Å². The van der Waals surface area contributed by atoms with Crippen LogP contribution in [0.1, 0.15) is 58.3 Å². The fourth-order valence-corrected chi connectivity index (χ4v) is 3.32. The van der Waals surface area contributed by atoms with E-state index in [1.54, 1.807) is 16.2 Å². The van der Waals surface area contributed by atoms with Crippen molar-refractivity contribution in [3.8, 4) is 0 Å². The average molecular weight is 320 g/mol. The number of hydrazone groups is 2. The van der Waals surface area contributed by atoms with E-state index in [1.807, 2.05) is 6.92 Å². The lowest BCUT2D eigenvalue weighted by Crippen LogP contribution is -2.40. The Balaban J connectivity index is 2.05. The van der Waals surface area contributed by atoms with Gasteiger partial charge in [0.1, 0.15) is 0 Å². The van der Waals surface area contributed by atoms with Gasteiger partial charge in [-0.1, -0.05) is 25.7 Å². The largest absolute Gasteiger partial charge is 0.369 e. The van der Waals surface area contributed by atoms with Crippen LogP contribution in [0.4, 0.5) is 0 Å². The highest BCUT2D eigenvalue weighted by Crippen LogP contribution is 2.24. The quantitative estimate of drug-likeness (QED) is 0.348. The Bertz CT molecular complexity index is 486. The molecule has 0 atom stereocenters. The van der Waals surface area contributed by atoms with E-state index in [2.05, 4.69) is 10.2 Å². The molecule has 2 fully saturated rings. The molecule has 0 aromatic heterocycles. The van der Waals surface area contributed by atoms with E-state index in [1.165, 1.54) is 0 Å². The number of guanidine groups is 2. The highest BCUT2D eigenvalue weighted by molar-refractivity contribution is 6.29. The first kappa shape index (κ1) is 17.2. The van der Waals surface area contributed by atoms with Crippen molar-refractivity contribution in [3.63, 3.8) is 0 Å². The minimum absolute atomic E-state index is 0.0381. The number of nitrogens with zero attached hydrogens (tertiary/aromatic N) is 4. The maximum Gasteiger partial charge on any atom is 0.209 e. The second kappa shape index (κ2) is 7.94. The van der Waals surface area contributed by atoms with E-state index in [0.717, 1.165) is 51.4 Å². The normalized spacial score (nSPS) is 20.3. The molecular formula is C15H28N8. The van der Waals surface area contributed by atoms with Crippen LogP contribution in [0.25, 0.3) is 0 Å². The average Bonchev–Trinajstić information content (AvgIpc) is 3.17. The molecule has 0 radical (unpaired) electrons. The van der Waals surface area contributed by atoms with Gasteiger partial charge in [0.05, 0.1) is 24.0 Å². The maximum absolute atomic E-state index is 7.72. The van der Waals surface area contributed by atoms with E-state index in [9.17, 15) is 0 Å². The summed E-state index contributed by atoms with van der Waals surface area (Å²) >= 11 is 0. The molecule has 0 amide bonds. The third kappa shape index (κ3) is 4.67. The molecule has 0 saturated heterocycles. The molecule has 0 heterocycles. The Morgan fingerprint density at radius 3 is 1.78 bits per heavy atom. The molecule has 2 aliphatic rings. The fraction of sp³-hybridized carbons (Fsp3) is 0.733. The second-order valence-electron chi connectivity index (χ2n) is 6.32. The molecule has 23 heavy (non-hydrogen) atoms. The summed E-state index contributed by atoms with van der Waals surface area (Å²) in [6, 6.07) is 0.407. The van der Waals surface area contributed by atoms with Gasteiger partial charge >= 0.3 is 0 Å². The SMILES string of the molecule is CC(C=NN(C(=N)N)C1CCCC1)=NN(C(=N)N)C1CCCC1. The topological polar surface area (TPSA) is 131 Å². The lowest BCUT2D eigenvalue weighted by Gasteiger charge is -2.25. The van der Waals surface area contributed by atoms with E-state index in [0.29, 0.717) is 5.71 Å². The van der Waals surface area contributed by atoms with Gasteiger partial charge < -0.3 is 11.5 Å². The molecule has 0 aromatic carbocycles. The van der Waals surface area contributed by atoms with E-state index in [-0.39, 0.29) is 24.0 Å². The Kier molecular flexibility index (Phi) is 5.95. The first-order valence-corrected chi connectivity index (χ1v) is 8.34. The van der Waals surface area contributed by atoms with Crippen LogP contribution in [0.3, 0.4) is 0 Å². The van der Waals surface area contributed by atoms with Crippen molar-refractivity contribution in [2.45, 2.75) is 70.4 Å². The number of hydrogen-bond acceptors (Lipinski definition) is 4. The molecule has 2 saturated carbocycles. The molecule has 0 bridgehead atoms. The summed E-state index contributed by atoms with van der Waals surface area (Å²) < 4.78 is 0. The smallest absolute Gasteiger partial charge is 0.209 e. The number of rotatable bonds is 5. The van der Waals surface area contributed by atoms with Crippen LogP contribution < -0.4 is 11.5 Å². The summed E-state index contributed by atoms with van der Waals surface area (Å²) in [6.07, 6.45) is 10.2. The molecule has 8 heteroatoms. The molecule has 0 unspecified atom stereocenters. The molecule has 2 aliphatic carbocycles. The third-order valence-corrected chi connectivity index (χ3v) is 4.47. The first-order chi connectivity index (χ1) is 11.0. The first-order valence-electron chi connectivity index (χ1n) is 8.34. The Labute approximate surface area is 137 Å². The molecular weight excluding hydrogens is 292 g/mol. The van der Waals surface area contributed by atoms with Crippen molar-refractivity contribution in [2.75, 3.05) is 0 Å². The van der Waals surface area contributed by atoms with Gasteiger partial charge in [0, 0.05) is 0 Å². The predicted octanol–water partition coefficient (Wildman–Crippen LogP) is 1.62. The van der Waals surface area contributed by atoms with E-state index < -0.39 is 0 Å². The van der Waals surface area contributed by atoms with E-state index in [4.69, 9.17) is 22.3 Å². The van der Waals surface area contributed by atoms with Crippen LogP contribution in [0, 0.1) is 10.8 Å². The fourth-order valence-electron chi connectivity index (χ4n) is 3.32. The standard InChI is InChI=1S/C15H28N8/c1-11(21-23(15(18)19)13-8-4-5-9-13)10-20-22(14(16)17)12-6-2-3-7-12/h10,12-13H,2-9H2,1H3,(H3,16,17)(H3,18,19). The monoisotopic (exact) mass is 320 g/mol. The Hall–Kier alpha value is -2.12. The zero-order valence-electron chi connectivity index (χ0n) is 13.8. The van der Waals surface area contributed by atoms with Crippen LogP contribution in [-0.2, 0) is 0 Å². The number of nitrogens with one attached hydrogen (secondary N) is 2. The van der Waals surface area contributed by atoms with Crippen molar-refractivity contribution in [1.82, 2.24) is 10.0 Å². The summed E-state index contributed by atoms with van der Waals surface area (Å²) in [5, 5.41) is 27.3. The number of nitrogens with two attached hydrogens (primary N) is 2. The van der Waals surface area contributed by atoms with Crippen LogP contribution in [0.15, 0.2) is 10.2 Å². The van der Waals surface area contributed by atoms with Crippen molar-refractivity contribution >= 4 is 23.8 Å². The van der Waals surface area contributed by atoms with Crippen LogP contribution in [0.2, 0.25) is 0 Å². The Morgan fingerprint density at radius 1 is 0.913 bits per heavy atom. The Morgan fingerprint density at radius 2 is 1.35 bits per heavy atom. The van der Waals surface area contributed by atoms with Gasteiger partial charge in [-0.15, -0.1) is 0 Å². The van der Waals surface area contributed by atoms with Gasteiger partial charge in [0.15, 0.2) is 0 Å². The van der Waals surface area contributed by atoms with Gasteiger partial charge in [-0.25, -0.2) is 10.0 Å². The minimum atomic E-state index is -0.0415. The predicted molar refractivity (Wildman–Crippen MR) is 93.6 cm³/mol. The molecule has 0 spiro atoms. The zero-order chi connectivity index (χ0) is 16.8. The van der Waals surface area contributed by atoms with Crippen LogP contribution >= 0.6 is 0 Å². The van der Waals surface area contributed by atoms with Gasteiger partial charge in [-0.3, -0.25) is 10.8 Å². The lowest BCUT2D eigenvalue weighted by molar-refractivity contribution is 0.322. The summed E-state index contributed by atoms with van der Waals surface area (Å²) in [5.74, 6) is -0.0796. The van der Waals surface area contributed by atoms with Gasteiger partial charge in [0.25, 0.3) is 0 Å². The highest BCUT2D eigenvalue weighted by atomic mass is 15.5. The summed E-state index contributed by atoms with van der Waals surface area (Å²) in [7, 11) is 0. The molecule has 8 nitrogen and oxygen atoms in total. The van der Waals surface area contributed by atoms with Crippen molar-refractivity contribution in [1.29, 1.82) is 10.8 Å². The van der Waals surface area contributed by atoms with Gasteiger partial charge in [0.2, 0.25) is 11.9 Å². The molecule has 0 aliphatic heterocycles. The van der Waals surface area contributed by atoms with Gasteiger partial charge in [-0.05, 0) is 32.6 Å². The molecule has 128 valence electrons. The van der Waals surface area contributed by atoms with Crippen LogP contribution in [0.5, 0.6) is 0 Å². The van der Waals surface area contributed by atoms with Crippen molar-refractivity contribution < 1.29 is 0 Å². The summed E-state index contributed by atoms with van der Waals surface area (Å²) in [6.45, 7) is 1.82. The highest BCUT2D eigenvalue weighted by Gasteiger charge is 2.24. The molecule has 2 rings (SSSR count). The minimum Gasteiger partial charge on any atom is -0.369 e. The lowest BCUT2D eigenvalue weighted by atomic mass is 10.2. The molecule has 6 N–H and O–H groups in total. The number of hydrogen-bond donors (Lipinski definition) is 4. The summed E-state index contributed by atoms with van der Waals surface area (Å²) in [4.78, 5) is 0. The van der Waals surface area contributed by atoms with E-state index >= 15 is 0 Å². The second-order valence-corrected chi connectivity index (χ2v) is 6.32. The third-order valence-electron chi connectivity index (χ3n) is 4.47. The van der Waals surface area contributed by atoms with Crippen molar-refractivity contribution in [3.05, 3.63) is 0 Å². The zero-order valence-corrected chi connectivity index (χ0v) is 13.8. The van der Waals surface area contributed by atoms with Crippen LogP contribution in [-0.4, -0.2) is 45.9 Å². The summed E-state index contributed by atoms with van der Waals surface area (Å²) in [5.41, 5.74) is 12.0. The maximum atomic E-state index is 7.72. The van der Waals surface area contributed by atoms with Crippen molar-refractivity contribution in [2.24, 2.45) is 21.7 Å².